The number of para-hydroxylation sites is 1. The molecule has 1 amide bonds. The summed E-state index contributed by atoms with van der Waals surface area (Å²) in [5, 5.41) is 15.9. The van der Waals surface area contributed by atoms with Gasteiger partial charge in [-0.1, -0.05) is 18.2 Å². The molecule has 1 aliphatic rings. The first-order valence-electron chi connectivity index (χ1n) is 8.48. The Balaban J connectivity index is 1.41. The van der Waals surface area contributed by atoms with Gasteiger partial charge in [0.05, 0.1) is 22.8 Å². The van der Waals surface area contributed by atoms with Crippen LogP contribution in [0.3, 0.4) is 0 Å². The van der Waals surface area contributed by atoms with Crippen LogP contribution in [0.25, 0.3) is 10.9 Å². The van der Waals surface area contributed by atoms with Gasteiger partial charge in [-0.05, 0) is 18.2 Å². The third-order valence-electron chi connectivity index (χ3n) is 4.07. The number of hydrogen-bond acceptors (Lipinski definition) is 8. The molecule has 3 aromatic rings. The van der Waals surface area contributed by atoms with Crippen molar-refractivity contribution in [1.29, 1.82) is 0 Å². The minimum atomic E-state index is -0.568. The highest BCUT2D eigenvalue weighted by molar-refractivity contribution is 5.88. The van der Waals surface area contributed by atoms with Gasteiger partial charge >= 0.3 is 0 Å². The molecule has 0 saturated carbocycles. The van der Waals surface area contributed by atoms with Crippen LogP contribution in [0.5, 0.6) is 17.2 Å². The summed E-state index contributed by atoms with van der Waals surface area (Å²) < 4.78 is 15.8. The Morgan fingerprint density at radius 3 is 2.90 bits per heavy atom. The average molecular weight is 394 g/mol. The molecule has 1 N–H and O–H groups in total. The normalized spacial score (nSPS) is 12.3. The first-order valence-corrected chi connectivity index (χ1v) is 8.48. The fraction of sp³-hybridized carbons (Fsp3) is 0.105. The van der Waals surface area contributed by atoms with Gasteiger partial charge < -0.3 is 14.2 Å². The lowest BCUT2D eigenvalue weighted by Crippen LogP contribution is -2.24. The van der Waals surface area contributed by atoms with Crippen LogP contribution < -0.4 is 19.6 Å². The predicted molar refractivity (Wildman–Crippen MR) is 102 cm³/mol. The van der Waals surface area contributed by atoms with E-state index < -0.39 is 10.8 Å². The highest BCUT2D eigenvalue weighted by Gasteiger charge is 2.22. The molecule has 1 aliphatic heterocycles. The van der Waals surface area contributed by atoms with E-state index in [4.69, 9.17) is 14.2 Å². The predicted octanol–water partition coefficient (Wildman–Crippen LogP) is 2.40. The molecule has 0 aliphatic carbocycles. The smallest absolute Gasteiger partial charge is 0.282 e. The number of hydrazone groups is 1. The highest BCUT2D eigenvalue weighted by atomic mass is 16.7. The zero-order valence-electron chi connectivity index (χ0n) is 14.9. The number of benzene rings is 2. The Hall–Kier alpha value is -4.21. The van der Waals surface area contributed by atoms with Gasteiger partial charge in [-0.3, -0.25) is 19.9 Å². The van der Waals surface area contributed by atoms with Gasteiger partial charge in [-0.15, -0.1) is 0 Å². The van der Waals surface area contributed by atoms with Crippen LogP contribution in [0.2, 0.25) is 0 Å². The van der Waals surface area contributed by atoms with Crippen molar-refractivity contribution in [2.24, 2.45) is 5.10 Å². The first kappa shape index (κ1) is 18.2. The van der Waals surface area contributed by atoms with E-state index in [2.05, 4.69) is 15.5 Å². The molecule has 10 heteroatoms. The number of rotatable bonds is 6. The summed E-state index contributed by atoms with van der Waals surface area (Å²) in [5.74, 6) is 0.594. The molecule has 0 bridgehead atoms. The lowest BCUT2D eigenvalue weighted by atomic mass is 10.1. The number of carbonyl (C=O) groups excluding carboxylic acids is 1. The van der Waals surface area contributed by atoms with Crippen LogP contribution >= 0.6 is 0 Å². The van der Waals surface area contributed by atoms with E-state index in [0.29, 0.717) is 17.0 Å². The number of nitrogens with one attached hydrogen (secondary N) is 1. The maximum absolute atomic E-state index is 12.0. The number of nitro benzene ring substituents is 1. The number of hydrogen-bond donors (Lipinski definition) is 1. The third-order valence-corrected chi connectivity index (χ3v) is 4.07. The summed E-state index contributed by atoms with van der Waals surface area (Å²) in [7, 11) is 0. The zero-order chi connectivity index (χ0) is 20.2. The molecule has 2 aromatic carbocycles. The van der Waals surface area contributed by atoms with Gasteiger partial charge in [0.1, 0.15) is 11.3 Å². The minimum Gasteiger partial charge on any atom is -0.481 e. The number of aromatic nitrogens is 1. The Labute approximate surface area is 163 Å². The van der Waals surface area contributed by atoms with Gasteiger partial charge in [0.15, 0.2) is 18.1 Å². The molecule has 4 rings (SSSR count). The third kappa shape index (κ3) is 3.90. The average Bonchev–Trinajstić information content (AvgIpc) is 3.19. The molecular formula is C19H14N4O6. The second-order valence-corrected chi connectivity index (χ2v) is 5.93. The number of fused-ring (bicyclic) bond motifs is 2. The van der Waals surface area contributed by atoms with Crippen molar-refractivity contribution in [3.8, 4) is 17.2 Å². The molecule has 0 unspecified atom stereocenters. The first-order chi connectivity index (χ1) is 14.1. The number of ether oxygens (including phenoxy) is 3. The number of pyridine rings is 1. The van der Waals surface area contributed by atoms with Crippen molar-refractivity contribution >= 4 is 28.7 Å². The maximum Gasteiger partial charge on any atom is 0.282 e. The van der Waals surface area contributed by atoms with E-state index in [1.165, 1.54) is 12.1 Å². The maximum atomic E-state index is 12.0. The van der Waals surface area contributed by atoms with Crippen molar-refractivity contribution in [2.45, 2.75) is 0 Å². The van der Waals surface area contributed by atoms with Gasteiger partial charge in [0.2, 0.25) is 6.79 Å². The number of amides is 1. The van der Waals surface area contributed by atoms with Crippen LogP contribution in [0.1, 0.15) is 5.56 Å². The minimum absolute atomic E-state index is 0.00974. The van der Waals surface area contributed by atoms with Crippen LogP contribution in [-0.2, 0) is 4.79 Å². The van der Waals surface area contributed by atoms with Crippen LogP contribution in [-0.4, -0.2) is 35.4 Å². The topological polar surface area (TPSA) is 125 Å². The molecule has 0 radical (unpaired) electrons. The fourth-order valence-electron chi connectivity index (χ4n) is 2.75. The van der Waals surface area contributed by atoms with E-state index in [1.807, 2.05) is 18.2 Å². The lowest BCUT2D eigenvalue weighted by molar-refractivity contribution is -0.385. The molecule has 0 atom stereocenters. The Kier molecular flexibility index (Phi) is 4.89. The fourth-order valence-corrected chi connectivity index (χ4v) is 2.75. The van der Waals surface area contributed by atoms with Crippen molar-refractivity contribution in [2.75, 3.05) is 13.4 Å². The van der Waals surface area contributed by atoms with Crippen molar-refractivity contribution < 1.29 is 23.9 Å². The zero-order valence-corrected chi connectivity index (χ0v) is 14.9. The summed E-state index contributed by atoms with van der Waals surface area (Å²) in [6, 6.07) is 11.8. The summed E-state index contributed by atoms with van der Waals surface area (Å²) in [6.07, 6.45) is 2.80. The monoisotopic (exact) mass is 394 g/mol. The summed E-state index contributed by atoms with van der Waals surface area (Å²) in [4.78, 5) is 26.9. The molecule has 0 fully saturated rings. The SMILES string of the molecule is O=C(COc1cccc2cccnc12)NN=Cc1cc2c(cc1[N+](=O)[O-])OCO2. The van der Waals surface area contributed by atoms with E-state index in [1.54, 1.807) is 18.3 Å². The van der Waals surface area contributed by atoms with E-state index in [9.17, 15) is 14.9 Å². The molecule has 10 nitrogen and oxygen atoms in total. The quantitative estimate of drug-likeness (QED) is 0.386. The lowest BCUT2D eigenvalue weighted by Gasteiger charge is -2.07. The summed E-state index contributed by atoms with van der Waals surface area (Å²) in [5.41, 5.74) is 2.86. The molecule has 146 valence electrons. The van der Waals surface area contributed by atoms with Gasteiger partial charge in [0.25, 0.3) is 11.6 Å². The molecule has 29 heavy (non-hydrogen) atoms. The van der Waals surface area contributed by atoms with Crippen molar-refractivity contribution in [3.05, 3.63) is 64.3 Å². The van der Waals surface area contributed by atoms with Gasteiger partial charge in [0, 0.05) is 11.6 Å². The number of nitro groups is 1. The molecule has 1 aromatic heterocycles. The Morgan fingerprint density at radius 2 is 2.07 bits per heavy atom. The molecular weight excluding hydrogens is 380 g/mol. The molecule has 2 heterocycles. The van der Waals surface area contributed by atoms with Crippen LogP contribution in [0.4, 0.5) is 5.69 Å². The summed E-state index contributed by atoms with van der Waals surface area (Å²) in [6.45, 7) is -0.305. The van der Waals surface area contributed by atoms with E-state index in [0.717, 1.165) is 11.6 Å². The van der Waals surface area contributed by atoms with Crippen molar-refractivity contribution in [3.63, 3.8) is 0 Å². The second-order valence-electron chi connectivity index (χ2n) is 5.93. The highest BCUT2D eigenvalue weighted by Crippen LogP contribution is 2.37. The summed E-state index contributed by atoms with van der Waals surface area (Å²) >= 11 is 0. The van der Waals surface area contributed by atoms with Gasteiger partial charge in [-0.25, -0.2) is 5.43 Å². The number of nitrogens with zero attached hydrogens (tertiary/aromatic N) is 3. The Bertz CT molecular complexity index is 1130. The van der Waals surface area contributed by atoms with Crippen molar-refractivity contribution in [1.82, 2.24) is 10.4 Å². The van der Waals surface area contributed by atoms with E-state index in [-0.39, 0.29) is 30.4 Å². The second kappa shape index (κ2) is 7.80. The van der Waals surface area contributed by atoms with Crippen LogP contribution in [0, 0.1) is 10.1 Å². The molecule has 0 spiro atoms. The Morgan fingerprint density at radius 1 is 1.28 bits per heavy atom. The van der Waals surface area contributed by atoms with E-state index >= 15 is 0 Å². The standard InChI is InChI=1S/C19H14N4O6/c24-18(10-27-15-5-1-3-12-4-2-6-20-19(12)15)22-21-9-13-7-16-17(29-11-28-16)8-14(13)23(25)26/h1-9H,10-11H2,(H,22,24). The van der Waals surface area contributed by atoms with Crippen LogP contribution in [0.15, 0.2) is 53.8 Å². The number of carbonyl (C=O) groups is 1. The molecule has 0 saturated heterocycles. The largest absolute Gasteiger partial charge is 0.481 e. The van der Waals surface area contributed by atoms with Gasteiger partial charge in [-0.2, -0.15) is 5.10 Å².